The van der Waals surface area contributed by atoms with E-state index in [0.717, 1.165) is 30.7 Å². The number of hydrazine groups is 1. The van der Waals surface area contributed by atoms with Gasteiger partial charge in [-0.15, -0.1) is 0 Å². The van der Waals surface area contributed by atoms with Crippen LogP contribution in [0.25, 0.3) is 0 Å². The number of dihydropyridines is 1. The monoisotopic (exact) mass is 834 g/mol. The van der Waals surface area contributed by atoms with E-state index in [9.17, 15) is 37.7 Å². The molecule has 0 bridgehead atoms. The van der Waals surface area contributed by atoms with E-state index in [-0.39, 0.29) is 40.5 Å². The van der Waals surface area contributed by atoms with Crippen LogP contribution in [0.5, 0.6) is 5.75 Å². The van der Waals surface area contributed by atoms with Crippen LogP contribution in [0.4, 0.5) is 18.9 Å². The number of nitro groups is 1. The van der Waals surface area contributed by atoms with Gasteiger partial charge in [0.25, 0.3) is 11.6 Å². The lowest BCUT2D eigenvalue weighted by Crippen LogP contribution is -2.41. The topological polar surface area (TPSA) is 183 Å². The molecule has 17 heteroatoms. The number of halogens is 3. The summed E-state index contributed by atoms with van der Waals surface area (Å²) in [6.45, 7) is 7.94. The number of carbonyl (C=O) groups excluding carboxylic acids is 3. The minimum atomic E-state index is -4.33. The van der Waals surface area contributed by atoms with E-state index in [2.05, 4.69) is 26.5 Å². The smallest absolute Gasteiger partial charge is 0.416 e. The quantitative estimate of drug-likeness (QED) is 0.0599. The second-order valence-corrected chi connectivity index (χ2v) is 13.4. The summed E-state index contributed by atoms with van der Waals surface area (Å²) in [4.78, 5) is 50.7. The zero-order chi connectivity index (χ0) is 44.4. The van der Waals surface area contributed by atoms with Crippen LogP contribution < -0.4 is 26.2 Å². The first-order valence-corrected chi connectivity index (χ1v) is 18.6. The minimum Gasteiger partial charge on any atom is -0.486 e. The van der Waals surface area contributed by atoms with Crippen LogP contribution in [0.2, 0.25) is 0 Å². The van der Waals surface area contributed by atoms with Crippen molar-refractivity contribution in [3.8, 4) is 5.75 Å². The van der Waals surface area contributed by atoms with Gasteiger partial charge >= 0.3 is 18.1 Å². The van der Waals surface area contributed by atoms with Crippen LogP contribution in [-0.2, 0) is 25.2 Å². The molecule has 0 saturated heterocycles. The number of ether oxygens (including phenoxy) is 3. The van der Waals surface area contributed by atoms with Crippen molar-refractivity contribution in [2.45, 2.75) is 58.4 Å². The summed E-state index contributed by atoms with van der Waals surface area (Å²) in [5.74, 6) is -2.04. The number of nitrogens with zero attached hydrogens (tertiary/aromatic N) is 2. The van der Waals surface area contributed by atoms with Gasteiger partial charge < -0.3 is 24.8 Å². The molecule has 1 aliphatic heterocycles. The van der Waals surface area contributed by atoms with Crippen molar-refractivity contribution in [1.29, 1.82) is 0 Å². The van der Waals surface area contributed by atoms with Crippen LogP contribution >= 0.6 is 0 Å². The molecule has 1 aliphatic rings. The summed E-state index contributed by atoms with van der Waals surface area (Å²) in [5, 5.41) is 17.4. The number of esters is 2. The first-order valence-electron chi connectivity index (χ1n) is 18.6. The number of nitro benzene ring substituents is 1. The van der Waals surface area contributed by atoms with Crippen molar-refractivity contribution in [2.75, 3.05) is 27.8 Å². The van der Waals surface area contributed by atoms with Gasteiger partial charge in [-0.3, -0.25) is 25.3 Å². The fourth-order valence-electron chi connectivity index (χ4n) is 5.87. The Morgan fingerprint density at radius 2 is 1.40 bits per heavy atom. The number of hydrogen-bond donors (Lipinski definition) is 4. The van der Waals surface area contributed by atoms with Crippen molar-refractivity contribution >= 4 is 23.5 Å². The van der Waals surface area contributed by atoms with Crippen LogP contribution in [0.1, 0.15) is 73.2 Å². The van der Waals surface area contributed by atoms with Crippen LogP contribution in [0.15, 0.2) is 126 Å². The van der Waals surface area contributed by atoms with Gasteiger partial charge in [-0.25, -0.2) is 15.0 Å². The molecule has 4 aromatic rings. The lowest BCUT2D eigenvalue weighted by Gasteiger charge is -2.29. The predicted octanol–water partition coefficient (Wildman–Crippen LogP) is 7.34. The zero-order valence-corrected chi connectivity index (χ0v) is 34.3. The first kappa shape index (κ1) is 47.8. The number of aromatic nitrogens is 1. The molecule has 5 rings (SSSR count). The maximum Gasteiger partial charge on any atom is 0.416 e. The molecule has 3 aromatic carbocycles. The molecule has 1 atom stereocenters. The number of hydrogen-bond acceptors (Lipinski definition) is 12. The second kappa shape index (κ2) is 23.1. The molecular weight excluding hydrogens is 786 g/mol. The third kappa shape index (κ3) is 13.8. The molecule has 14 nitrogen and oxygen atoms in total. The Bertz CT molecular complexity index is 2070. The molecule has 0 aliphatic carbocycles. The number of alkyl halides is 3. The zero-order valence-electron chi connectivity index (χ0n) is 34.3. The number of methoxy groups -OCH3 is 2. The Kier molecular flexibility index (Phi) is 18.4. The average molecular weight is 835 g/mol. The standard InChI is InChI=1S/C17H18F3NO.C17H18N2O6.C9H13N3O/c1-21-12-11-16(13-5-3-2-4-6-13)22-15-9-7-14(8-10-15)17(18,19)20;1-9-13(16(20)24-3)15(14(10(2)18-9)17(21)25-4)11-7-5-6-8-12(11)19(22)23;1-7(2)11-12-9(13)8-3-5-10-6-4-8/h2-10,16,21H,11-12H2,1H3;5-8,15,18H,1-4H3;3-7,11H,1-2H3,(H,12,13). The van der Waals surface area contributed by atoms with Crippen molar-refractivity contribution in [3.05, 3.63) is 158 Å². The molecule has 0 saturated carbocycles. The van der Waals surface area contributed by atoms with Crippen LogP contribution in [-0.4, -0.2) is 61.6 Å². The van der Waals surface area contributed by atoms with Crippen molar-refractivity contribution in [3.63, 3.8) is 0 Å². The molecule has 0 fully saturated rings. The Hall–Kier alpha value is -6.59. The maximum atomic E-state index is 12.6. The Morgan fingerprint density at radius 1 is 0.850 bits per heavy atom. The molecule has 4 N–H and O–H groups in total. The van der Waals surface area contributed by atoms with E-state index < -0.39 is 34.5 Å². The molecular formula is C43H49F3N6O8. The molecule has 60 heavy (non-hydrogen) atoms. The van der Waals surface area contributed by atoms with Gasteiger partial charge in [0, 0.05) is 53.4 Å². The van der Waals surface area contributed by atoms with Gasteiger partial charge in [0.05, 0.1) is 41.8 Å². The fourth-order valence-corrected chi connectivity index (χ4v) is 5.87. The number of nitrogens with one attached hydrogen (secondary N) is 4. The Balaban J connectivity index is 0.000000252. The number of benzene rings is 3. The van der Waals surface area contributed by atoms with Crippen molar-refractivity contribution in [1.82, 2.24) is 26.5 Å². The van der Waals surface area contributed by atoms with E-state index in [1.807, 2.05) is 51.2 Å². The van der Waals surface area contributed by atoms with Gasteiger partial charge in [-0.1, -0.05) is 48.5 Å². The highest BCUT2D eigenvalue weighted by atomic mass is 19.4. The number of para-hydroxylation sites is 1. The predicted molar refractivity (Wildman–Crippen MR) is 218 cm³/mol. The molecule has 0 spiro atoms. The molecule has 0 radical (unpaired) electrons. The van der Waals surface area contributed by atoms with Gasteiger partial charge in [-0.2, -0.15) is 13.2 Å². The summed E-state index contributed by atoms with van der Waals surface area (Å²) >= 11 is 0. The minimum absolute atomic E-state index is 0.128. The van der Waals surface area contributed by atoms with E-state index >= 15 is 0 Å². The summed E-state index contributed by atoms with van der Waals surface area (Å²) in [6.07, 6.45) is -0.634. The lowest BCUT2D eigenvalue weighted by molar-refractivity contribution is -0.385. The number of allylic oxidation sites excluding steroid dienone is 2. The summed E-state index contributed by atoms with van der Waals surface area (Å²) in [6, 6.07) is 24.0. The van der Waals surface area contributed by atoms with Gasteiger partial charge in [0.1, 0.15) is 11.9 Å². The lowest BCUT2D eigenvalue weighted by atomic mass is 9.79. The fraction of sp³-hybridized carbons (Fsp3) is 0.302. The SMILES string of the molecule is CC(C)NNC(=O)c1ccncc1.CNCCC(Oc1ccc(C(F)(F)F)cc1)c1ccccc1.COC(=O)C1=C(C)NC(C)=C(C(=O)OC)C1c1ccccc1[N+](=O)[O-]. The number of carbonyl (C=O) groups is 3. The van der Waals surface area contributed by atoms with Gasteiger partial charge in [-0.05, 0) is 83.2 Å². The number of rotatable bonds is 13. The average Bonchev–Trinajstić information content (AvgIpc) is 3.24. The van der Waals surface area contributed by atoms with Crippen LogP contribution in [0.3, 0.4) is 0 Å². The molecule has 1 aromatic heterocycles. The highest BCUT2D eigenvalue weighted by Crippen LogP contribution is 2.42. The van der Waals surface area contributed by atoms with E-state index in [0.29, 0.717) is 22.7 Å². The van der Waals surface area contributed by atoms with E-state index in [1.165, 1.54) is 44.6 Å². The molecule has 1 amide bonds. The third-order valence-electron chi connectivity index (χ3n) is 8.72. The molecule has 2 heterocycles. The van der Waals surface area contributed by atoms with E-state index in [4.69, 9.17) is 14.2 Å². The molecule has 1 unspecified atom stereocenters. The van der Waals surface area contributed by atoms with Crippen molar-refractivity contribution in [2.24, 2.45) is 0 Å². The first-order chi connectivity index (χ1) is 28.5. The highest BCUT2D eigenvalue weighted by molar-refractivity contribution is 6.00. The summed E-state index contributed by atoms with van der Waals surface area (Å²) < 4.78 is 53.2. The highest BCUT2D eigenvalue weighted by Gasteiger charge is 2.40. The molecule has 320 valence electrons. The second-order valence-electron chi connectivity index (χ2n) is 13.4. The largest absolute Gasteiger partial charge is 0.486 e. The Morgan fingerprint density at radius 3 is 1.90 bits per heavy atom. The summed E-state index contributed by atoms with van der Waals surface area (Å²) in [5.41, 5.74) is 7.52. The Labute approximate surface area is 346 Å². The summed E-state index contributed by atoms with van der Waals surface area (Å²) in [7, 11) is 4.27. The van der Waals surface area contributed by atoms with Crippen molar-refractivity contribution < 1.29 is 46.7 Å². The van der Waals surface area contributed by atoms with Gasteiger partial charge in [0.2, 0.25) is 0 Å². The number of pyridine rings is 1. The normalized spacial score (nSPS) is 13.1. The number of amides is 1. The van der Waals surface area contributed by atoms with E-state index in [1.54, 1.807) is 44.4 Å². The maximum absolute atomic E-state index is 12.6. The third-order valence-corrected chi connectivity index (χ3v) is 8.72. The van der Waals surface area contributed by atoms with Gasteiger partial charge in [0.15, 0.2) is 0 Å². The van der Waals surface area contributed by atoms with Crippen LogP contribution in [0, 0.1) is 10.1 Å².